The van der Waals surface area contributed by atoms with Gasteiger partial charge in [0.1, 0.15) is 6.26 Å². The van der Waals surface area contributed by atoms with Crippen LogP contribution >= 0.6 is 0 Å². The maximum absolute atomic E-state index is 9.14. The number of β-amino-alcohol motifs (C(OH)–C–C–N with tert-alkyl or cyclic N) is 1. The summed E-state index contributed by atoms with van der Waals surface area (Å²) in [6.45, 7) is 1.90. The molecule has 5 nitrogen and oxygen atoms in total. The summed E-state index contributed by atoms with van der Waals surface area (Å²) in [7, 11) is 0. The van der Waals surface area contributed by atoms with Gasteiger partial charge in [-0.15, -0.1) is 0 Å². The molecule has 0 aromatic carbocycles. The van der Waals surface area contributed by atoms with Gasteiger partial charge in [0.25, 0.3) is 0 Å². The fraction of sp³-hybridized carbons (Fsp3) is 0.625. The predicted octanol–water partition coefficient (Wildman–Crippen LogP) is -0.649. The Bertz CT molecular complexity index is 256. The van der Waals surface area contributed by atoms with Crippen LogP contribution < -0.4 is 5.73 Å². The molecule has 0 radical (unpaired) electrons. The minimum absolute atomic E-state index is 0.134. The highest BCUT2D eigenvalue weighted by Crippen LogP contribution is 2.24. The van der Waals surface area contributed by atoms with Gasteiger partial charge >= 0.3 is 0 Å². The van der Waals surface area contributed by atoms with Gasteiger partial charge in [-0.1, -0.05) is 5.16 Å². The number of hydrogen-bond donors (Lipinski definition) is 2. The van der Waals surface area contributed by atoms with Crippen LogP contribution in [0.2, 0.25) is 0 Å². The van der Waals surface area contributed by atoms with Crippen LogP contribution in [0.1, 0.15) is 11.6 Å². The van der Waals surface area contributed by atoms with E-state index in [4.69, 9.17) is 15.4 Å². The molecule has 72 valence electrons. The average Bonchev–Trinajstić information content (AvgIpc) is 2.55. The van der Waals surface area contributed by atoms with Gasteiger partial charge in [-0.2, -0.15) is 0 Å². The van der Waals surface area contributed by atoms with E-state index in [1.54, 1.807) is 12.5 Å². The molecule has 1 aromatic heterocycles. The molecule has 13 heavy (non-hydrogen) atoms. The second-order valence-electron chi connectivity index (χ2n) is 3.32. The summed E-state index contributed by atoms with van der Waals surface area (Å²) in [5.74, 6) is 0. The number of rotatable bonds is 3. The predicted molar refractivity (Wildman–Crippen MR) is 45.9 cm³/mol. The van der Waals surface area contributed by atoms with Gasteiger partial charge in [0, 0.05) is 25.2 Å². The van der Waals surface area contributed by atoms with E-state index >= 15 is 0 Å². The Hall–Kier alpha value is -0.910. The highest BCUT2D eigenvalue weighted by molar-refractivity contribution is 5.10. The Labute approximate surface area is 76.1 Å². The molecule has 1 unspecified atom stereocenters. The minimum Gasteiger partial charge on any atom is -0.390 e. The smallest absolute Gasteiger partial charge is 0.128 e. The zero-order valence-electron chi connectivity index (χ0n) is 7.26. The Morgan fingerprint density at radius 1 is 1.77 bits per heavy atom. The van der Waals surface area contributed by atoms with Crippen LogP contribution in [0.5, 0.6) is 0 Å². The van der Waals surface area contributed by atoms with Crippen molar-refractivity contribution in [3.8, 4) is 0 Å². The first-order valence-electron chi connectivity index (χ1n) is 4.32. The van der Waals surface area contributed by atoms with Gasteiger partial charge in [0.15, 0.2) is 0 Å². The van der Waals surface area contributed by atoms with Gasteiger partial charge in [0.2, 0.25) is 0 Å². The molecule has 0 saturated carbocycles. The SMILES string of the molecule is NCC(c1cnoc1)N1CC(O)C1. The van der Waals surface area contributed by atoms with E-state index in [1.807, 2.05) is 0 Å². The summed E-state index contributed by atoms with van der Waals surface area (Å²) in [5.41, 5.74) is 6.61. The van der Waals surface area contributed by atoms with Gasteiger partial charge in [0.05, 0.1) is 18.3 Å². The van der Waals surface area contributed by atoms with E-state index in [-0.39, 0.29) is 12.1 Å². The highest BCUT2D eigenvalue weighted by atomic mass is 16.5. The molecule has 0 bridgehead atoms. The summed E-state index contributed by atoms with van der Waals surface area (Å²) in [4.78, 5) is 2.11. The molecule has 1 aromatic rings. The topological polar surface area (TPSA) is 75.5 Å². The summed E-state index contributed by atoms with van der Waals surface area (Å²) in [6.07, 6.45) is 3.07. The van der Waals surface area contributed by atoms with Crippen LogP contribution in [-0.4, -0.2) is 40.9 Å². The summed E-state index contributed by atoms with van der Waals surface area (Å²) in [5, 5.41) is 12.8. The van der Waals surface area contributed by atoms with Crippen LogP contribution in [0.4, 0.5) is 0 Å². The van der Waals surface area contributed by atoms with E-state index in [1.165, 1.54) is 0 Å². The molecule has 1 aliphatic heterocycles. The quantitative estimate of drug-likeness (QED) is 0.651. The van der Waals surface area contributed by atoms with Gasteiger partial charge in [-0.05, 0) is 0 Å². The first-order valence-corrected chi connectivity index (χ1v) is 4.32. The lowest BCUT2D eigenvalue weighted by molar-refractivity contribution is -0.0235. The number of aromatic nitrogens is 1. The van der Waals surface area contributed by atoms with Crippen molar-refractivity contribution in [3.63, 3.8) is 0 Å². The van der Waals surface area contributed by atoms with Crippen molar-refractivity contribution in [1.82, 2.24) is 10.1 Å². The van der Waals surface area contributed by atoms with Gasteiger partial charge in [-0.3, -0.25) is 4.90 Å². The van der Waals surface area contributed by atoms with Gasteiger partial charge < -0.3 is 15.4 Å². The van der Waals surface area contributed by atoms with E-state index < -0.39 is 0 Å². The first kappa shape index (κ1) is 8.68. The Morgan fingerprint density at radius 3 is 3.00 bits per heavy atom. The Balaban J connectivity index is 2.02. The highest BCUT2D eigenvalue weighted by Gasteiger charge is 2.31. The maximum atomic E-state index is 9.14. The van der Waals surface area contributed by atoms with Crippen molar-refractivity contribution < 1.29 is 9.63 Å². The summed E-state index contributed by atoms with van der Waals surface area (Å²) >= 11 is 0. The molecule has 0 amide bonds. The van der Waals surface area contributed by atoms with Crippen molar-refractivity contribution in [1.29, 1.82) is 0 Å². The molecule has 0 aliphatic carbocycles. The molecule has 1 atom stereocenters. The number of nitrogens with two attached hydrogens (primary N) is 1. The number of aliphatic hydroxyl groups excluding tert-OH is 1. The standard InChI is InChI=1S/C8H13N3O2/c9-1-8(6-2-10-13-5-6)11-3-7(12)4-11/h2,5,7-8,12H,1,3-4,9H2. The second kappa shape index (κ2) is 3.45. The van der Waals surface area contributed by atoms with Crippen LogP contribution in [0, 0.1) is 0 Å². The van der Waals surface area contributed by atoms with Crippen LogP contribution in [0.15, 0.2) is 17.0 Å². The lowest BCUT2D eigenvalue weighted by Crippen LogP contribution is -2.53. The van der Waals surface area contributed by atoms with E-state index in [9.17, 15) is 0 Å². The number of nitrogens with zero attached hydrogens (tertiary/aromatic N) is 2. The Morgan fingerprint density at radius 2 is 2.54 bits per heavy atom. The van der Waals surface area contributed by atoms with Crippen molar-refractivity contribution in [2.45, 2.75) is 12.1 Å². The first-order chi connectivity index (χ1) is 6.31. The molecule has 1 aliphatic rings. The van der Waals surface area contributed by atoms with Crippen LogP contribution in [-0.2, 0) is 0 Å². The monoisotopic (exact) mass is 183 g/mol. The van der Waals surface area contributed by atoms with Crippen molar-refractivity contribution in [3.05, 3.63) is 18.0 Å². The van der Waals surface area contributed by atoms with Crippen molar-refractivity contribution in [2.24, 2.45) is 5.73 Å². The molecular weight excluding hydrogens is 170 g/mol. The number of aliphatic hydroxyl groups is 1. The van der Waals surface area contributed by atoms with E-state index in [0.717, 1.165) is 5.56 Å². The minimum atomic E-state index is -0.200. The molecule has 2 rings (SSSR count). The molecule has 2 heterocycles. The number of likely N-dealkylation sites (tertiary alicyclic amines) is 1. The van der Waals surface area contributed by atoms with Crippen molar-refractivity contribution in [2.75, 3.05) is 19.6 Å². The van der Waals surface area contributed by atoms with Crippen LogP contribution in [0.25, 0.3) is 0 Å². The largest absolute Gasteiger partial charge is 0.390 e. The lowest BCUT2D eigenvalue weighted by Gasteiger charge is -2.40. The summed E-state index contributed by atoms with van der Waals surface area (Å²) < 4.78 is 4.75. The second-order valence-corrected chi connectivity index (χ2v) is 3.32. The molecular formula is C8H13N3O2. The van der Waals surface area contributed by atoms with Crippen molar-refractivity contribution >= 4 is 0 Å². The van der Waals surface area contributed by atoms with E-state index in [0.29, 0.717) is 19.6 Å². The normalized spacial score (nSPS) is 21.4. The lowest BCUT2D eigenvalue weighted by atomic mass is 10.0. The molecule has 1 fully saturated rings. The van der Waals surface area contributed by atoms with Gasteiger partial charge in [-0.25, -0.2) is 0 Å². The van der Waals surface area contributed by atoms with Crippen LogP contribution in [0.3, 0.4) is 0 Å². The van der Waals surface area contributed by atoms with E-state index in [2.05, 4.69) is 10.1 Å². The molecule has 1 saturated heterocycles. The Kier molecular flexibility index (Phi) is 2.30. The molecule has 0 spiro atoms. The third kappa shape index (κ3) is 1.58. The average molecular weight is 183 g/mol. The number of hydrogen-bond acceptors (Lipinski definition) is 5. The zero-order valence-corrected chi connectivity index (χ0v) is 7.26. The summed E-state index contributed by atoms with van der Waals surface area (Å²) in [6, 6.07) is 0.134. The third-order valence-corrected chi connectivity index (χ3v) is 2.39. The fourth-order valence-electron chi connectivity index (χ4n) is 1.62. The molecule has 3 N–H and O–H groups in total. The maximum Gasteiger partial charge on any atom is 0.128 e. The zero-order chi connectivity index (χ0) is 9.26. The molecule has 5 heteroatoms. The fourth-order valence-corrected chi connectivity index (χ4v) is 1.62. The third-order valence-electron chi connectivity index (χ3n) is 2.39.